The van der Waals surface area contributed by atoms with Crippen molar-refractivity contribution in [2.45, 2.75) is 38.8 Å². The van der Waals surface area contributed by atoms with E-state index in [0.717, 1.165) is 0 Å². The standard InChI is InChI=1S/C8H20N2O/c1-7(2,5-9)10-8(3,4)6-11/h10-11H,5-6,9H2,1-4H3. The molecule has 0 saturated heterocycles. The Labute approximate surface area is 69.0 Å². The molecule has 0 heterocycles. The van der Waals surface area contributed by atoms with Gasteiger partial charge in [0.2, 0.25) is 0 Å². The molecule has 0 saturated carbocycles. The van der Waals surface area contributed by atoms with Crippen LogP contribution in [0.4, 0.5) is 0 Å². The lowest BCUT2D eigenvalue weighted by atomic mass is 9.98. The van der Waals surface area contributed by atoms with E-state index in [-0.39, 0.29) is 17.7 Å². The van der Waals surface area contributed by atoms with Gasteiger partial charge in [-0.05, 0) is 27.7 Å². The smallest absolute Gasteiger partial charge is 0.0608 e. The molecule has 0 fully saturated rings. The van der Waals surface area contributed by atoms with Crippen LogP contribution in [0.2, 0.25) is 0 Å². The molecule has 0 bridgehead atoms. The molecular weight excluding hydrogens is 140 g/mol. The fourth-order valence-corrected chi connectivity index (χ4v) is 1.01. The van der Waals surface area contributed by atoms with Gasteiger partial charge in [0, 0.05) is 17.6 Å². The molecule has 0 aliphatic heterocycles. The predicted molar refractivity (Wildman–Crippen MR) is 47.4 cm³/mol. The molecule has 0 aromatic rings. The van der Waals surface area contributed by atoms with E-state index in [9.17, 15) is 0 Å². The van der Waals surface area contributed by atoms with Crippen LogP contribution in [-0.2, 0) is 0 Å². The van der Waals surface area contributed by atoms with Gasteiger partial charge in [-0.15, -0.1) is 0 Å². The zero-order chi connectivity index (χ0) is 9.12. The first kappa shape index (κ1) is 10.9. The molecule has 0 aromatic carbocycles. The van der Waals surface area contributed by atoms with Crippen molar-refractivity contribution in [3.05, 3.63) is 0 Å². The van der Waals surface area contributed by atoms with Crippen molar-refractivity contribution in [3.63, 3.8) is 0 Å². The molecule has 0 amide bonds. The van der Waals surface area contributed by atoms with Gasteiger partial charge in [0.1, 0.15) is 0 Å². The molecule has 68 valence electrons. The SMILES string of the molecule is CC(C)(CN)NC(C)(C)CO. The summed E-state index contributed by atoms with van der Waals surface area (Å²) in [6.07, 6.45) is 0. The molecule has 11 heavy (non-hydrogen) atoms. The first-order valence-electron chi connectivity index (χ1n) is 3.93. The third-order valence-electron chi connectivity index (χ3n) is 1.58. The van der Waals surface area contributed by atoms with E-state index in [0.29, 0.717) is 6.54 Å². The van der Waals surface area contributed by atoms with Crippen LogP contribution in [0, 0.1) is 0 Å². The van der Waals surface area contributed by atoms with Crippen LogP contribution in [0.5, 0.6) is 0 Å². The summed E-state index contributed by atoms with van der Waals surface area (Å²) in [5, 5.41) is 12.2. The molecule has 0 aromatic heterocycles. The molecule has 0 unspecified atom stereocenters. The molecule has 0 atom stereocenters. The van der Waals surface area contributed by atoms with Crippen molar-refractivity contribution in [1.82, 2.24) is 5.32 Å². The third kappa shape index (κ3) is 4.35. The Morgan fingerprint density at radius 3 is 1.91 bits per heavy atom. The summed E-state index contributed by atoms with van der Waals surface area (Å²) in [6.45, 7) is 8.62. The van der Waals surface area contributed by atoms with Crippen LogP contribution in [0.3, 0.4) is 0 Å². The molecule has 3 nitrogen and oxygen atoms in total. The quantitative estimate of drug-likeness (QED) is 0.546. The monoisotopic (exact) mass is 160 g/mol. The number of nitrogens with one attached hydrogen (secondary N) is 1. The molecule has 0 aliphatic carbocycles. The van der Waals surface area contributed by atoms with Gasteiger partial charge in [0.05, 0.1) is 6.61 Å². The molecule has 4 N–H and O–H groups in total. The third-order valence-corrected chi connectivity index (χ3v) is 1.58. The van der Waals surface area contributed by atoms with Crippen LogP contribution < -0.4 is 11.1 Å². The van der Waals surface area contributed by atoms with Crippen molar-refractivity contribution >= 4 is 0 Å². The van der Waals surface area contributed by atoms with Crippen molar-refractivity contribution in [2.75, 3.05) is 13.2 Å². The van der Waals surface area contributed by atoms with Crippen LogP contribution in [-0.4, -0.2) is 29.3 Å². The van der Waals surface area contributed by atoms with Gasteiger partial charge in [-0.2, -0.15) is 0 Å². The molecular formula is C8H20N2O. The maximum atomic E-state index is 8.95. The summed E-state index contributed by atoms with van der Waals surface area (Å²) in [5.74, 6) is 0. The summed E-state index contributed by atoms with van der Waals surface area (Å²) in [5.41, 5.74) is 5.17. The average molecular weight is 160 g/mol. The summed E-state index contributed by atoms with van der Waals surface area (Å²) in [6, 6.07) is 0. The van der Waals surface area contributed by atoms with Crippen LogP contribution in [0.25, 0.3) is 0 Å². The average Bonchev–Trinajstić information content (AvgIpc) is 1.86. The van der Waals surface area contributed by atoms with E-state index in [2.05, 4.69) is 5.32 Å². The highest BCUT2D eigenvalue weighted by Crippen LogP contribution is 2.08. The summed E-state index contributed by atoms with van der Waals surface area (Å²) in [7, 11) is 0. The Kier molecular flexibility index (Phi) is 3.48. The Hall–Kier alpha value is -0.120. The van der Waals surface area contributed by atoms with Crippen molar-refractivity contribution in [2.24, 2.45) is 5.73 Å². The zero-order valence-electron chi connectivity index (χ0n) is 7.94. The first-order chi connectivity index (χ1) is 4.83. The topological polar surface area (TPSA) is 58.3 Å². The highest BCUT2D eigenvalue weighted by molar-refractivity contribution is 4.88. The summed E-state index contributed by atoms with van der Waals surface area (Å²) >= 11 is 0. The van der Waals surface area contributed by atoms with Crippen molar-refractivity contribution < 1.29 is 5.11 Å². The highest BCUT2D eigenvalue weighted by atomic mass is 16.3. The molecule has 0 radical (unpaired) electrons. The predicted octanol–water partition coefficient (Wildman–Crippen LogP) is 0.0842. The molecule has 0 rings (SSSR count). The number of aliphatic hydroxyl groups excluding tert-OH is 1. The van der Waals surface area contributed by atoms with E-state index in [1.54, 1.807) is 0 Å². The van der Waals surface area contributed by atoms with E-state index >= 15 is 0 Å². The van der Waals surface area contributed by atoms with Gasteiger partial charge in [0.25, 0.3) is 0 Å². The second-order valence-electron chi connectivity index (χ2n) is 4.26. The minimum Gasteiger partial charge on any atom is -0.394 e. The van der Waals surface area contributed by atoms with Crippen molar-refractivity contribution in [1.29, 1.82) is 0 Å². The normalized spacial score (nSPS) is 13.6. The Morgan fingerprint density at radius 1 is 1.18 bits per heavy atom. The Bertz CT molecular complexity index is 107. The zero-order valence-corrected chi connectivity index (χ0v) is 7.94. The minimum absolute atomic E-state index is 0.105. The number of rotatable bonds is 4. The van der Waals surface area contributed by atoms with Gasteiger partial charge in [-0.25, -0.2) is 0 Å². The summed E-state index contributed by atoms with van der Waals surface area (Å²) < 4.78 is 0. The number of hydrogen-bond acceptors (Lipinski definition) is 3. The van der Waals surface area contributed by atoms with E-state index < -0.39 is 0 Å². The number of hydrogen-bond donors (Lipinski definition) is 3. The Morgan fingerprint density at radius 2 is 1.64 bits per heavy atom. The van der Waals surface area contributed by atoms with Crippen LogP contribution in [0.15, 0.2) is 0 Å². The fraction of sp³-hybridized carbons (Fsp3) is 1.00. The lowest BCUT2D eigenvalue weighted by Gasteiger charge is -2.35. The van der Waals surface area contributed by atoms with Gasteiger partial charge < -0.3 is 16.2 Å². The maximum Gasteiger partial charge on any atom is 0.0608 e. The highest BCUT2D eigenvalue weighted by Gasteiger charge is 2.25. The maximum absolute atomic E-state index is 8.95. The van der Waals surface area contributed by atoms with E-state index in [4.69, 9.17) is 10.8 Å². The lowest BCUT2D eigenvalue weighted by Crippen LogP contribution is -2.57. The molecule has 0 aliphatic rings. The van der Waals surface area contributed by atoms with E-state index in [1.807, 2.05) is 27.7 Å². The van der Waals surface area contributed by atoms with Gasteiger partial charge in [0.15, 0.2) is 0 Å². The molecule has 3 heteroatoms. The summed E-state index contributed by atoms with van der Waals surface area (Å²) in [4.78, 5) is 0. The largest absolute Gasteiger partial charge is 0.394 e. The van der Waals surface area contributed by atoms with Crippen LogP contribution >= 0.6 is 0 Å². The fourth-order valence-electron chi connectivity index (χ4n) is 1.01. The Balaban J connectivity index is 4.02. The number of nitrogens with two attached hydrogens (primary N) is 1. The van der Waals surface area contributed by atoms with Gasteiger partial charge in [-0.3, -0.25) is 0 Å². The number of aliphatic hydroxyl groups is 1. The second-order valence-corrected chi connectivity index (χ2v) is 4.26. The van der Waals surface area contributed by atoms with E-state index in [1.165, 1.54) is 0 Å². The van der Waals surface area contributed by atoms with Gasteiger partial charge in [-0.1, -0.05) is 0 Å². The van der Waals surface area contributed by atoms with Crippen LogP contribution in [0.1, 0.15) is 27.7 Å². The van der Waals surface area contributed by atoms with Gasteiger partial charge >= 0.3 is 0 Å². The second kappa shape index (κ2) is 3.52. The molecule has 0 spiro atoms. The lowest BCUT2D eigenvalue weighted by molar-refractivity contribution is 0.155. The minimum atomic E-state index is -0.247. The van der Waals surface area contributed by atoms with Crippen molar-refractivity contribution in [3.8, 4) is 0 Å². The first-order valence-corrected chi connectivity index (χ1v) is 3.93.